The van der Waals surface area contributed by atoms with Crippen LogP contribution in [0.1, 0.15) is 21.6 Å². The molecule has 22 heavy (non-hydrogen) atoms. The van der Waals surface area contributed by atoms with Crippen LogP contribution < -0.4 is 0 Å². The van der Waals surface area contributed by atoms with Crippen molar-refractivity contribution < 1.29 is 9.90 Å². The molecule has 0 bridgehead atoms. The number of hydrogen-bond donors (Lipinski definition) is 1. The van der Waals surface area contributed by atoms with Crippen molar-refractivity contribution in [2.45, 2.75) is 13.8 Å². The molecule has 2 aromatic heterocycles. The van der Waals surface area contributed by atoms with Gasteiger partial charge in [-0.05, 0) is 43.7 Å². The van der Waals surface area contributed by atoms with E-state index in [2.05, 4.69) is 10.1 Å². The smallest absolute Gasteiger partial charge is 0.354 e. The van der Waals surface area contributed by atoms with Gasteiger partial charge in [-0.2, -0.15) is 5.10 Å². The molecule has 0 saturated carbocycles. The molecular formula is C17H15N3O2. The molecule has 0 saturated heterocycles. The highest BCUT2D eigenvalue weighted by Crippen LogP contribution is 2.23. The number of carboxylic acid groups (broad SMARTS) is 1. The third kappa shape index (κ3) is 2.48. The molecule has 1 aromatic carbocycles. The number of carboxylic acids is 1. The summed E-state index contributed by atoms with van der Waals surface area (Å²) in [6.45, 7) is 3.95. The van der Waals surface area contributed by atoms with Gasteiger partial charge in [-0.25, -0.2) is 9.48 Å². The zero-order valence-corrected chi connectivity index (χ0v) is 12.3. The Kier molecular flexibility index (Phi) is 3.47. The quantitative estimate of drug-likeness (QED) is 0.805. The van der Waals surface area contributed by atoms with Crippen LogP contribution in [0.5, 0.6) is 0 Å². The number of aromatic nitrogens is 3. The molecule has 0 aliphatic carbocycles. The second-order valence-electron chi connectivity index (χ2n) is 5.16. The van der Waals surface area contributed by atoms with Gasteiger partial charge in [0.1, 0.15) is 0 Å². The summed E-state index contributed by atoms with van der Waals surface area (Å²) in [6, 6.07) is 11.0. The molecule has 110 valence electrons. The highest BCUT2D eigenvalue weighted by Gasteiger charge is 2.17. The van der Waals surface area contributed by atoms with E-state index in [0.717, 1.165) is 22.4 Å². The second-order valence-corrected chi connectivity index (χ2v) is 5.16. The van der Waals surface area contributed by atoms with Gasteiger partial charge in [0, 0.05) is 18.0 Å². The average Bonchev–Trinajstić information content (AvgIpc) is 2.93. The Morgan fingerprint density at radius 1 is 1.09 bits per heavy atom. The van der Waals surface area contributed by atoms with Gasteiger partial charge < -0.3 is 5.11 Å². The van der Waals surface area contributed by atoms with E-state index < -0.39 is 5.97 Å². The lowest BCUT2D eigenvalue weighted by molar-refractivity contribution is 0.0687. The SMILES string of the molecule is Cc1ccc(-n2nc(-c3ccncc3)cc2C(=O)O)c(C)c1. The Morgan fingerprint density at radius 3 is 2.45 bits per heavy atom. The highest BCUT2D eigenvalue weighted by atomic mass is 16.4. The van der Waals surface area contributed by atoms with E-state index in [1.54, 1.807) is 30.6 Å². The molecule has 0 radical (unpaired) electrons. The number of rotatable bonds is 3. The molecule has 0 spiro atoms. The number of pyridine rings is 1. The molecule has 5 heteroatoms. The van der Waals surface area contributed by atoms with Gasteiger partial charge in [0.2, 0.25) is 0 Å². The van der Waals surface area contributed by atoms with E-state index in [0.29, 0.717) is 5.69 Å². The van der Waals surface area contributed by atoms with Crippen LogP contribution in [0.15, 0.2) is 48.8 Å². The Bertz CT molecular complexity index is 838. The van der Waals surface area contributed by atoms with Crippen molar-refractivity contribution in [3.05, 3.63) is 65.6 Å². The van der Waals surface area contributed by atoms with Gasteiger partial charge in [0.05, 0.1) is 11.4 Å². The van der Waals surface area contributed by atoms with Gasteiger partial charge >= 0.3 is 5.97 Å². The Hall–Kier alpha value is -2.95. The molecule has 0 unspecified atom stereocenters. The van der Waals surface area contributed by atoms with Crippen LogP contribution in [0.25, 0.3) is 16.9 Å². The lowest BCUT2D eigenvalue weighted by Gasteiger charge is -2.08. The summed E-state index contributed by atoms with van der Waals surface area (Å²) in [5, 5.41) is 13.9. The zero-order chi connectivity index (χ0) is 15.7. The first-order valence-corrected chi connectivity index (χ1v) is 6.87. The molecule has 0 fully saturated rings. The molecule has 5 nitrogen and oxygen atoms in total. The van der Waals surface area contributed by atoms with Crippen LogP contribution in [-0.4, -0.2) is 25.8 Å². The van der Waals surface area contributed by atoms with Crippen molar-refractivity contribution in [1.82, 2.24) is 14.8 Å². The van der Waals surface area contributed by atoms with E-state index in [9.17, 15) is 9.90 Å². The van der Waals surface area contributed by atoms with Gasteiger partial charge in [0.15, 0.2) is 5.69 Å². The Morgan fingerprint density at radius 2 is 1.82 bits per heavy atom. The van der Waals surface area contributed by atoms with Gasteiger partial charge in [-0.15, -0.1) is 0 Å². The molecule has 3 rings (SSSR count). The Labute approximate surface area is 127 Å². The molecule has 1 N–H and O–H groups in total. The first kappa shape index (κ1) is 14.0. The summed E-state index contributed by atoms with van der Waals surface area (Å²) in [5.41, 5.74) is 4.45. The van der Waals surface area contributed by atoms with Crippen molar-refractivity contribution in [1.29, 1.82) is 0 Å². The lowest BCUT2D eigenvalue weighted by atomic mass is 10.1. The fraction of sp³-hybridized carbons (Fsp3) is 0.118. The van der Waals surface area contributed by atoms with Gasteiger partial charge in [-0.1, -0.05) is 17.7 Å². The predicted molar refractivity (Wildman–Crippen MR) is 83.2 cm³/mol. The summed E-state index contributed by atoms with van der Waals surface area (Å²) in [4.78, 5) is 15.5. The maximum Gasteiger partial charge on any atom is 0.354 e. The number of aromatic carboxylic acids is 1. The normalized spacial score (nSPS) is 10.6. The fourth-order valence-corrected chi connectivity index (χ4v) is 2.42. The molecular weight excluding hydrogens is 278 g/mol. The van der Waals surface area contributed by atoms with Crippen LogP contribution in [-0.2, 0) is 0 Å². The molecule has 2 heterocycles. The average molecular weight is 293 g/mol. The van der Waals surface area contributed by atoms with Crippen LogP contribution in [0.2, 0.25) is 0 Å². The van der Waals surface area contributed by atoms with Crippen molar-refractivity contribution in [2.24, 2.45) is 0 Å². The van der Waals surface area contributed by atoms with E-state index >= 15 is 0 Å². The van der Waals surface area contributed by atoms with Crippen molar-refractivity contribution in [3.8, 4) is 16.9 Å². The first-order chi connectivity index (χ1) is 10.6. The molecule has 3 aromatic rings. The summed E-state index contributed by atoms with van der Waals surface area (Å²) < 4.78 is 1.48. The lowest BCUT2D eigenvalue weighted by Crippen LogP contribution is -2.09. The maximum absolute atomic E-state index is 11.5. The minimum absolute atomic E-state index is 0.138. The van der Waals surface area contributed by atoms with E-state index in [1.807, 2.05) is 32.0 Å². The molecule has 0 aliphatic rings. The monoisotopic (exact) mass is 293 g/mol. The zero-order valence-electron chi connectivity index (χ0n) is 12.3. The number of hydrogen-bond acceptors (Lipinski definition) is 3. The van der Waals surface area contributed by atoms with Crippen LogP contribution in [0.4, 0.5) is 0 Å². The van der Waals surface area contributed by atoms with Crippen molar-refractivity contribution in [3.63, 3.8) is 0 Å². The van der Waals surface area contributed by atoms with Crippen molar-refractivity contribution >= 4 is 5.97 Å². The van der Waals surface area contributed by atoms with Crippen LogP contribution in [0, 0.1) is 13.8 Å². The van der Waals surface area contributed by atoms with Crippen LogP contribution >= 0.6 is 0 Å². The van der Waals surface area contributed by atoms with Gasteiger partial charge in [0.25, 0.3) is 0 Å². The Balaban J connectivity index is 2.18. The number of nitrogens with zero attached hydrogens (tertiary/aromatic N) is 3. The summed E-state index contributed by atoms with van der Waals surface area (Å²) in [7, 11) is 0. The molecule has 0 atom stereocenters. The minimum Gasteiger partial charge on any atom is -0.477 e. The summed E-state index contributed by atoms with van der Waals surface area (Å²) >= 11 is 0. The van der Waals surface area contributed by atoms with Crippen molar-refractivity contribution in [2.75, 3.05) is 0 Å². The number of carbonyl (C=O) groups is 1. The standard InChI is InChI=1S/C17H15N3O2/c1-11-3-4-15(12(2)9-11)20-16(17(21)22)10-14(19-20)13-5-7-18-8-6-13/h3-10H,1-2H3,(H,21,22). The van der Waals surface area contributed by atoms with E-state index in [1.165, 1.54) is 4.68 Å². The topological polar surface area (TPSA) is 68.0 Å². The highest BCUT2D eigenvalue weighted by molar-refractivity contribution is 5.88. The van der Waals surface area contributed by atoms with Crippen LogP contribution in [0.3, 0.4) is 0 Å². The fourth-order valence-electron chi connectivity index (χ4n) is 2.42. The molecule has 0 amide bonds. The maximum atomic E-state index is 11.5. The third-order valence-electron chi connectivity index (χ3n) is 3.49. The number of benzene rings is 1. The van der Waals surface area contributed by atoms with Gasteiger partial charge in [-0.3, -0.25) is 4.98 Å². The largest absolute Gasteiger partial charge is 0.477 e. The van der Waals surface area contributed by atoms with E-state index in [4.69, 9.17) is 0 Å². The molecule has 0 aliphatic heterocycles. The third-order valence-corrected chi connectivity index (χ3v) is 3.49. The summed E-state index contributed by atoms with van der Waals surface area (Å²) in [6.07, 6.45) is 3.32. The van der Waals surface area contributed by atoms with E-state index in [-0.39, 0.29) is 5.69 Å². The second kappa shape index (κ2) is 5.44. The number of aryl methyl sites for hydroxylation is 2. The first-order valence-electron chi connectivity index (χ1n) is 6.87. The minimum atomic E-state index is -1.01. The predicted octanol–water partition coefficient (Wildman–Crippen LogP) is 3.25. The summed E-state index contributed by atoms with van der Waals surface area (Å²) in [5.74, 6) is -1.01.